The number of ether oxygens (including phenoxy) is 1. The normalized spacial score (nSPS) is 14.0. The molecule has 0 unspecified atom stereocenters. The van der Waals surface area contributed by atoms with Crippen molar-refractivity contribution in [2.45, 2.75) is 25.4 Å². The van der Waals surface area contributed by atoms with Crippen LogP contribution in [0.15, 0.2) is 59.9 Å². The van der Waals surface area contributed by atoms with Crippen molar-refractivity contribution in [2.75, 3.05) is 7.05 Å². The topological polar surface area (TPSA) is 58.5 Å². The van der Waals surface area contributed by atoms with Crippen molar-refractivity contribution in [2.24, 2.45) is 4.99 Å². The second-order valence-electron chi connectivity index (χ2n) is 5.77. The van der Waals surface area contributed by atoms with E-state index in [1.165, 1.54) is 6.07 Å². The molecular formula is C19H22FIN4O. The predicted octanol–water partition coefficient (Wildman–Crippen LogP) is 4.01. The summed E-state index contributed by atoms with van der Waals surface area (Å²) in [5, 5.41) is 6.55. The van der Waals surface area contributed by atoms with E-state index in [0.717, 1.165) is 18.4 Å². The van der Waals surface area contributed by atoms with E-state index in [2.05, 4.69) is 32.8 Å². The van der Waals surface area contributed by atoms with Crippen LogP contribution < -0.4 is 15.4 Å². The molecule has 1 aliphatic rings. The molecule has 3 rings (SSSR count). The Balaban J connectivity index is 0.00000243. The molecule has 1 aromatic heterocycles. The van der Waals surface area contributed by atoms with Crippen molar-refractivity contribution in [1.29, 1.82) is 0 Å². The van der Waals surface area contributed by atoms with Crippen molar-refractivity contribution >= 4 is 29.9 Å². The Kier molecular flexibility index (Phi) is 7.83. The molecule has 0 saturated heterocycles. The van der Waals surface area contributed by atoms with Crippen LogP contribution in [0.5, 0.6) is 11.5 Å². The maximum absolute atomic E-state index is 14.2. The van der Waals surface area contributed by atoms with Gasteiger partial charge in [-0.3, -0.25) is 9.98 Å². The minimum atomic E-state index is -0.411. The van der Waals surface area contributed by atoms with Gasteiger partial charge in [0.05, 0.1) is 6.20 Å². The quantitative estimate of drug-likeness (QED) is 0.302. The minimum absolute atomic E-state index is 0. The maximum atomic E-state index is 14.2. The Hall–Kier alpha value is -2.16. The fourth-order valence-corrected chi connectivity index (χ4v) is 2.58. The van der Waals surface area contributed by atoms with E-state index in [9.17, 15) is 4.39 Å². The minimum Gasteiger partial charge on any atom is -0.453 e. The van der Waals surface area contributed by atoms with Crippen LogP contribution in [0.2, 0.25) is 0 Å². The van der Waals surface area contributed by atoms with Crippen LogP contribution in [0.25, 0.3) is 0 Å². The van der Waals surface area contributed by atoms with Gasteiger partial charge < -0.3 is 15.4 Å². The molecule has 1 aromatic carbocycles. The molecule has 0 saturated carbocycles. The van der Waals surface area contributed by atoms with E-state index in [-0.39, 0.29) is 29.7 Å². The van der Waals surface area contributed by atoms with E-state index in [1.807, 2.05) is 6.07 Å². The van der Waals surface area contributed by atoms with Crippen LogP contribution in [-0.2, 0) is 6.54 Å². The number of hydrogen-bond donors (Lipinski definition) is 2. The number of aliphatic imine (C=N–C) groups is 1. The number of nitrogens with one attached hydrogen (secondary N) is 2. The number of guanidine groups is 1. The molecule has 1 heterocycles. The molecule has 1 aliphatic carbocycles. The Bertz CT molecular complexity index is 759. The molecule has 138 valence electrons. The summed E-state index contributed by atoms with van der Waals surface area (Å²) in [6, 6.07) is 8.75. The molecule has 0 fully saturated rings. The zero-order valence-electron chi connectivity index (χ0n) is 14.5. The largest absolute Gasteiger partial charge is 0.453 e. The first-order valence-electron chi connectivity index (χ1n) is 8.23. The summed E-state index contributed by atoms with van der Waals surface area (Å²) in [5.74, 6) is 0.981. The monoisotopic (exact) mass is 468 g/mol. The highest BCUT2D eigenvalue weighted by atomic mass is 127. The lowest BCUT2D eigenvalue weighted by molar-refractivity contribution is 0.440. The third-order valence-corrected chi connectivity index (χ3v) is 3.89. The lowest BCUT2D eigenvalue weighted by Crippen LogP contribution is -2.42. The highest BCUT2D eigenvalue weighted by Crippen LogP contribution is 2.24. The van der Waals surface area contributed by atoms with Crippen LogP contribution in [0, 0.1) is 5.82 Å². The number of aromatic nitrogens is 1. The van der Waals surface area contributed by atoms with Gasteiger partial charge in [0.2, 0.25) is 0 Å². The molecule has 2 N–H and O–H groups in total. The van der Waals surface area contributed by atoms with E-state index in [4.69, 9.17) is 4.74 Å². The lowest BCUT2D eigenvalue weighted by atomic mass is 10.2. The Morgan fingerprint density at radius 2 is 2.12 bits per heavy atom. The number of rotatable bonds is 5. The van der Waals surface area contributed by atoms with E-state index >= 15 is 0 Å². The Morgan fingerprint density at radius 3 is 2.77 bits per heavy atom. The van der Waals surface area contributed by atoms with Gasteiger partial charge in [-0.15, -0.1) is 24.0 Å². The van der Waals surface area contributed by atoms with Gasteiger partial charge in [-0.05, 0) is 42.7 Å². The highest BCUT2D eigenvalue weighted by molar-refractivity contribution is 14.0. The first kappa shape index (κ1) is 20.2. The SMILES string of the molecule is CN=C(NCc1ccc(Oc2cccnc2)c(F)c1)NC1CC=CC1.I. The molecule has 0 spiro atoms. The Labute approximate surface area is 169 Å². The average molecular weight is 468 g/mol. The molecule has 0 atom stereocenters. The third kappa shape index (κ3) is 5.69. The molecule has 0 amide bonds. The zero-order chi connectivity index (χ0) is 17.5. The van der Waals surface area contributed by atoms with Crippen LogP contribution in [0.3, 0.4) is 0 Å². The van der Waals surface area contributed by atoms with Gasteiger partial charge in [0.25, 0.3) is 0 Å². The van der Waals surface area contributed by atoms with Crippen molar-refractivity contribution in [1.82, 2.24) is 15.6 Å². The summed E-state index contributed by atoms with van der Waals surface area (Å²) in [4.78, 5) is 8.15. The highest BCUT2D eigenvalue weighted by Gasteiger charge is 2.12. The molecule has 5 nitrogen and oxygen atoms in total. The molecule has 0 bridgehead atoms. The fraction of sp³-hybridized carbons (Fsp3) is 0.263. The number of benzene rings is 1. The van der Waals surface area contributed by atoms with Crippen molar-refractivity contribution in [3.05, 3.63) is 66.3 Å². The maximum Gasteiger partial charge on any atom is 0.191 e. The summed E-state index contributed by atoms with van der Waals surface area (Å²) in [7, 11) is 1.73. The van der Waals surface area contributed by atoms with Crippen molar-refractivity contribution in [3.63, 3.8) is 0 Å². The number of pyridine rings is 1. The smallest absolute Gasteiger partial charge is 0.191 e. The zero-order valence-corrected chi connectivity index (χ0v) is 16.8. The van der Waals surface area contributed by atoms with Gasteiger partial charge >= 0.3 is 0 Å². The molecule has 26 heavy (non-hydrogen) atoms. The average Bonchev–Trinajstić information content (AvgIpc) is 3.14. The van der Waals surface area contributed by atoms with Crippen LogP contribution in [0.1, 0.15) is 18.4 Å². The molecule has 0 aliphatic heterocycles. The van der Waals surface area contributed by atoms with Crippen LogP contribution in [0.4, 0.5) is 4.39 Å². The van der Waals surface area contributed by atoms with E-state index < -0.39 is 5.82 Å². The number of halogens is 2. The van der Waals surface area contributed by atoms with Gasteiger partial charge in [0, 0.05) is 25.8 Å². The summed E-state index contributed by atoms with van der Waals surface area (Å²) in [6.45, 7) is 0.476. The van der Waals surface area contributed by atoms with Crippen LogP contribution in [-0.4, -0.2) is 24.0 Å². The number of hydrogen-bond acceptors (Lipinski definition) is 3. The van der Waals surface area contributed by atoms with Crippen molar-refractivity contribution in [3.8, 4) is 11.5 Å². The standard InChI is InChI=1S/C19H21FN4O.HI/c1-21-19(24-15-5-2-3-6-15)23-12-14-8-9-18(17(20)11-14)25-16-7-4-10-22-13-16;/h2-4,7-11,13,15H,5-6,12H2,1H3,(H2,21,23,24);1H. The second kappa shape index (κ2) is 10.1. The van der Waals surface area contributed by atoms with Gasteiger partial charge in [0.1, 0.15) is 5.75 Å². The molecule has 2 aromatic rings. The van der Waals surface area contributed by atoms with Crippen LogP contribution >= 0.6 is 24.0 Å². The molecule has 7 heteroatoms. The van der Waals surface area contributed by atoms with Gasteiger partial charge in [-0.1, -0.05) is 18.2 Å². The number of nitrogens with zero attached hydrogens (tertiary/aromatic N) is 2. The summed E-state index contributed by atoms with van der Waals surface area (Å²) in [6.07, 6.45) is 9.48. The first-order chi connectivity index (χ1) is 12.2. The summed E-state index contributed by atoms with van der Waals surface area (Å²) >= 11 is 0. The van der Waals surface area contributed by atoms with E-state index in [1.54, 1.807) is 37.6 Å². The first-order valence-corrected chi connectivity index (χ1v) is 8.23. The van der Waals surface area contributed by atoms with Gasteiger partial charge in [-0.25, -0.2) is 4.39 Å². The molecule has 0 radical (unpaired) electrons. The van der Waals surface area contributed by atoms with Gasteiger partial charge in [-0.2, -0.15) is 0 Å². The van der Waals surface area contributed by atoms with Gasteiger partial charge in [0.15, 0.2) is 17.5 Å². The third-order valence-electron chi connectivity index (χ3n) is 3.89. The summed E-state index contributed by atoms with van der Waals surface area (Å²) < 4.78 is 19.7. The summed E-state index contributed by atoms with van der Waals surface area (Å²) in [5.41, 5.74) is 0.809. The molecular weight excluding hydrogens is 446 g/mol. The second-order valence-corrected chi connectivity index (χ2v) is 5.77. The lowest BCUT2D eigenvalue weighted by Gasteiger charge is -2.17. The van der Waals surface area contributed by atoms with E-state index in [0.29, 0.717) is 24.3 Å². The fourth-order valence-electron chi connectivity index (χ4n) is 2.58. The Morgan fingerprint density at radius 1 is 1.31 bits per heavy atom. The van der Waals surface area contributed by atoms with Crippen molar-refractivity contribution < 1.29 is 9.13 Å². The predicted molar refractivity (Wildman–Crippen MR) is 112 cm³/mol.